The molecule has 0 N–H and O–H groups in total. The fourth-order valence-corrected chi connectivity index (χ4v) is 3.03. The van der Waals surface area contributed by atoms with E-state index in [0.29, 0.717) is 5.54 Å². The molecule has 2 saturated heterocycles. The normalized spacial score (nSPS) is 47.7. The van der Waals surface area contributed by atoms with Crippen LogP contribution < -0.4 is 0 Å². The van der Waals surface area contributed by atoms with Crippen molar-refractivity contribution in [1.29, 1.82) is 0 Å². The Morgan fingerprint density at radius 2 is 2.00 bits per heavy atom. The summed E-state index contributed by atoms with van der Waals surface area (Å²) >= 11 is 0. The van der Waals surface area contributed by atoms with Crippen molar-refractivity contribution in [2.45, 2.75) is 44.7 Å². The molecule has 2 atom stereocenters. The molecule has 2 rings (SSSR count). The molecule has 0 aromatic rings. The Balaban J connectivity index is 2.15. The predicted octanol–water partition coefficient (Wildman–Crippen LogP) is 1.78. The lowest BCUT2D eigenvalue weighted by atomic mass is 9.80. The van der Waals surface area contributed by atoms with Gasteiger partial charge in [0.15, 0.2) is 0 Å². The van der Waals surface area contributed by atoms with Crippen LogP contribution >= 0.6 is 0 Å². The summed E-state index contributed by atoms with van der Waals surface area (Å²) in [7, 11) is 2.43. The standard InChI is InChI=1S/C9H18N/c1-4-9(5-2)6-8-7-10(8,9)3/h8H,4-7H2,1-3H3/q+1. The van der Waals surface area contributed by atoms with E-state index in [4.69, 9.17) is 0 Å². The molecule has 58 valence electrons. The van der Waals surface area contributed by atoms with Crippen LogP contribution in [0.3, 0.4) is 0 Å². The van der Waals surface area contributed by atoms with E-state index in [1.54, 1.807) is 0 Å². The first-order chi connectivity index (χ1) is 4.68. The lowest BCUT2D eigenvalue weighted by Gasteiger charge is -2.46. The van der Waals surface area contributed by atoms with Gasteiger partial charge in [0.1, 0.15) is 18.1 Å². The lowest BCUT2D eigenvalue weighted by molar-refractivity contribution is -0.891. The first-order valence-electron chi connectivity index (χ1n) is 4.54. The van der Waals surface area contributed by atoms with Crippen molar-refractivity contribution in [1.82, 2.24) is 0 Å². The maximum Gasteiger partial charge on any atom is 0.145 e. The van der Waals surface area contributed by atoms with Crippen molar-refractivity contribution in [2.75, 3.05) is 13.6 Å². The Kier molecular flexibility index (Phi) is 1.05. The second-order valence-electron chi connectivity index (χ2n) is 4.24. The molecule has 0 aromatic heterocycles. The van der Waals surface area contributed by atoms with Gasteiger partial charge in [0.2, 0.25) is 0 Å². The summed E-state index contributed by atoms with van der Waals surface area (Å²) in [5, 5.41) is 0. The van der Waals surface area contributed by atoms with Crippen molar-refractivity contribution < 1.29 is 4.48 Å². The summed E-state index contributed by atoms with van der Waals surface area (Å²) in [6.07, 6.45) is 4.28. The van der Waals surface area contributed by atoms with Crippen LogP contribution in [0.15, 0.2) is 0 Å². The number of hydrogen-bond donors (Lipinski definition) is 0. The molecule has 0 bridgehead atoms. The molecular formula is C9H18N+. The summed E-state index contributed by atoms with van der Waals surface area (Å²) < 4.78 is 1.42. The Labute approximate surface area is 63.6 Å². The monoisotopic (exact) mass is 140 g/mol. The summed E-state index contributed by atoms with van der Waals surface area (Å²) in [5.41, 5.74) is 0.713. The van der Waals surface area contributed by atoms with Crippen molar-refractivity contribution >= 4 is 0 Å². The van der Waals surface area contributed by atoms with Gasteiger partial charge in [0.25, 0.3) is 0 Å². The van der Waals surface area contributed by atoms with Crippen LogP contribution in [0.4, 0.5) is 0 Å². The molecule has 2 unspecified atom stereocenters. The highest BCUT2D eigenvalue weighted by Crippen LogP contribution is 2.58. The van der Waals surface area contributed by atoms with E-state index in [1.165, 1.54) is 30.3 Å². The zero-order valence-electron chi connectivity index (χ0n) is 7.35. The molecule has 2 heterocycles. The van der Waals surface area contributed by atoms with Gasteiger partial charge < -0.3 is 4.48 Å². The molecule has 2 aliphatic heterocycles. The average molecular weight is 140 g/mol. The number of rotatable bonds is 2. The highest BCUT2D eigenvalue weighted by Gasteiger charge is 2.74. The Morgan fingerprint density at radius 3 is 2.10 bits per heavy atom. The molecule has 1 nitrogen and oxygen atoms in total. The smallest absolute Gasteiger partial charge is 0.145 e. The van der Waals surface area contributed by atoms with Gasteiger partial charge in [-0.15, -0.1) is 0 Å². The minimum atomic E-state index is 0.713. The van der Waals surface area contributed by atoms with E-state index in [2.05, 4.69) is 20.9 Å². The topological polar surface area (TPSA) is 0 Å². The third-order valence-electron chi connectivity index (χ3n) is 4.28. The Bertz CT molecular complexity index is 160. The molecule has 0 aliphatic carbocycles. The third-order valence-corrected chi connectivity index (χ3v) is 4.28. The molecular weight excluding hydrogens is 122 g/mol. The molecule has 0 amide bonds. The van der Waals surface area contributed by atoms with Gasteiger partial charge in [-0.25, -0.2) is 0 Å². The quantitative estimate of drug-likeness (QED) is 0.405. The van der Waals surface area contributed by atoms with Crippen LogP contribution in [-0.4, -0.2) is 29.7 Å². The third kappa shape index (κ3) is 0.460. The predicted molar refractivity (Wildman–Crippen MR) is 42.8 cm³/mol. The minimum absolute atomic E-state index is 0.713. The van der Waals surface area contributed by atoms with E-state index >= 15 is 0 Å². The van der Waals surface area contributed by atoms with E-state index in [1.807, 2.05) is 0 Å². The number of nitrogens with zero attached hydrogens (tertiary/aromatic N) is 1. The van der Waals surface area contributed by atoms with Gasteiger partial charge >= 0.3 is 0 Å². The molecule has 10 heavy (non-hydrogen) atoms. The fraction of sp³-hybridized carbons (Fsp3) is 1.00. The van der Waals surface area contributed by atoms with Crippen molar-refractivity contribution in [3.8, 4) is 0 Å². The molecule has 0 saturated carbocycles. The van der Waals surface area contributed by atoms with Crippen LogP contribution in [-0.2, 0) is 0 Å². The van der Waals surface area contributed by atoms with E-state index in [0.717, 1.165) is 6.04 Å². The summed E-state index contributed by atoms with van der Waals surface area (Å²) in [6.45, 7) is 6.17. The number of hydrogen-bond acceptors (Lipinski definition) is 0. The van der Waals surface area contributed by atoms with Gasteiger partial charge in [-0.2, -0.15) is 0 Å². The van der Waals surface area contributed by atoms with Crippen LogP contribution in [0.25, 0.3) is 0 Å². The molecule has 0 aromatic carbocycles. The van der Waals surface area contributed by atoms with E-state index in [9.17, 15) is 0 Å². The zero-order chi connectivity index (χ0) is 7.41. The summed E-state index contributed by atoms with van der Waals surface area (Å²) in [5.74, 6) is 0. The van der Waals surface area contributed by atoms with Crippen LogP contribution in [0.5, 0.6) is 0 Å². The summed E-state index contributed by atoms with van der Waals surface area (Å²) in [6, 6.07) is 1.07. The number of fused-ring (bicyclic) bond motifs is 1. The zero-order valence-corrected chi connectivity index (χ0v) is 7.35. The second kappa shape index (κ2) is 1.58. The molecule has 0 spiro atoms. The first-order valence-corrected chi connectivity index (χ1v) is 4.54. The molecule has 2 aliphatic rings. The van der Waals surface area contributed by atoms with Crippen molar-refractivity contribution in [2.24, 2.45) is 0 Å². The Hall–Kier alpha value is -0.0400. The van der Waals surface area contributed by atoms with Gasteiger partial charge in [0, 0.05) is 0 Å². The minimum Gasteiger partial charge on any atom is -0.309 e. The van der Waals surface area contributed by atoms with Crippen LogP contribution in [0.1, 0.15) is 33.1 Å². The number of likely N-dealkylation sites (N-methyl/N-ethyl adjacent to an activating group) is 1. The SMILES string of the molecule is CCC1(CC)CC2C[N+]21C. The lowest BCUT2D eigenvalue weighted by Crippen LogP contribution is -2.58. The highest BCUT2D eigenvalue weighted by atomic mass is 15.6. The maximum absolute atomic E-state index is 2.43. The van der Waals surface area contributed by atoms with Gasteiger partial charge in [0.05, 0.1) is 13.5 Å². The van der Waals surface area contributed by atoms with E-state index in [-0.39, 0.29) is 0 Å². The molecule has 1 heteroatoms. The average Bonchev–Trinajstić information content (AvgIpc) is 2.46. The van der Waals surface area contributed by atoms with Crippen LogP contribution in [0.2, 0.25) is 0 Å². The second-order valence-corrected chi connectivity index (χ2v) is 4.24. The number of quaternary nitrogens is 1. The van der Waals surface area contributed by atoms with Crippen LogP contribution in [0, 0.1) is 0 Å². The first kappa shape index (κ1) is 6.66. The van der Waals surface area contributed by atoms with Crippen molar-refractivity contribution in [3.05, 3.63) is 0 Å². The van der Waals surface area contributed by atoms with Gasteiger partial charge in [-0.05, 0) is 12.8 Å². The highest BCUT2D eigenvalue weighted by molar-refractivity contribution is 5.01. The van der Waals surface area contributed by atoms with E-state index < -0.39 is 0 Å². The Morgan fingerprint density at radius 1 is 1.40 bits per heavy atom. The van der Waals surface area contributed by atoms with Crippen molar-refractivity contribution in [3.63, 3.8) is 0 Å². The maximum atomic E-state index is 2.43. The van der Waals surface area contributed by atoms with Gasteiger partial charge in [-0.3, -0.25) is 0 Å². The largest absolute Gasteiger partial charge is 0.309 e. The fourth-order valence-electron chi connectivity index (χ4n) is 3.03. The summed E-state index contributed by atoms with van der Waals surface area (Å²) in [4.78, 5) is 0. The molecule has 2 fully saturated rings. The van der Waals surface area contributed by atoms with Gasteiger partial charge in [-0.1, -0.05) is 13.8 Å². The molecule has 0 radical (unpaired) electrons.